The minimum Gasteiger partial charge on any atom is -0.361 e. The van der Waals surface area contributed by atoms with E-state index in [1.54, 1.807) is 36.4 Å². The second-order valence-corrected chi connectivity index (χ2v) is 12.0. The average Bonchev–Trinajstić information content (AvgIpc) is 3.55. The van der Waals surface area contributed by atoms with Gasteiger partial charge in [0, 0.05) is 60.4 Å². The summed E-state index contributed by atoms with van der Waals surface area (Å²) in [6, 6.07) is 22.0. The van der Waals surface area contributed by atoms with Crippen molar-refractivity contribution in [3.8, 4) is 0 Å². The summed E-state index contributed by atoms with van der Waals surface area (Å²) >= 11 is 0. The summed E-state index contributed by atoms with van der Waals surface area (Å²) in [7, 11) is -0.931. The number of hydrogen-bond acceptors (Lipinski definition) is 4. The largest absolute Gasteiger partial charge is 0.361 e. The van der Waals surface area contributed by atoms with E-state index in [1.165, 1.54) is 30.3 Å². The van der Waals surface area contributed by atoms with Crippen molar-refractivity contribution in [2.75, 3.05) is 20.6 Å². The van der Waals surface area contributed by atoms with Gasteiger partial charge in [-0.05, 0) is 49.2 Å². The van der Waals surface area contributed by atoms with Crippen LogP contribution >= 0.6 is 0 Å². The second-order valence-electron chi connectivity index (χ2n) is 9.93. The van der Waals surface area contributed by atoms with E-state index in [4.69, 9.17) is 0 Å². The summed E-state index contributed by atoms with van der Waals surface area (Å²) < 4.78 is 28.4. The molecule has 0 fully saturated rings. The van der Waals surface area contributed by atoms with Gasteiger partial charge in [0.2, 0.25) is 0 Å². The maximum Gasteiger partial charge on any atom is 0.307 e. The summed E-state index contributed by atoms with van der Waals surface area (Å²) in [5, 5.41) is 7.35. The van der Waals surface area contributed by atoms with Gasteiger partial charge >= 0.3 is 10.2 Å². The number of hydrogen-bond donors (Lipinski definition) is 3. The fourth-order valence-corrected chi connectivity index (χ4v) is 5.62. The first kappa shape index (κ1) is 27.9. The van der Waals surface area contributed by atoms with Crippen LogP contribution in [-0.2, 0) is 21.4 Å². The number of carbonyl (C=O) groups is 2. The molecule has 41 heavy (non-hydrogen) atoms. The highest BCUT2D eigenvalue weighted by Gasteiger charge is 2.22. The molecule has 2 aromatic heterocycles. The molecule has 0 aliphatic rings. The molecule has 0 aliphatic carbocycles. The molecule has 0 saturated carbocycles. The maximum absolute atomic E-state index is 13.5. The molecule has 2 heterocycles. The molecule has 5 aromatic rings. The van der Waals surface area contributed by atoms with Crippen molar-refractivity contribution in [1.29, 1.82) is 0 Å². The normalized spacial score (nSPS) is 12.2. The standard InChI is InChI=1S/C31H31N5O4S/c1-21-12-14-22(15-13-21)30(37)34-28(31(38)32-17-16-23-19-33-27-10-6-4-8-25(23)27)18-24-20-36(41(39,40)35(2)3)29-11-7-5-9-26(24)29/h4-15,18-20,33H,16-17H2,1-3H3,(H,32,38)(H,34,37)/b28-18-. The van der Waals surface area contributed by atoms with Crippen LogP contribution in [0.5, 0.6) is 0 Å². The number of fused-ring (bicyclic) bond motifs is 2. The molecule has 5 rings (SSSR count). The molecule has 3 aromatic carbocycles. The van der Waals surface area contributed by atoms with Gasteiger partial charge in [-0.1, -0.05) is 54.1 Å². The minimum atomic E-state index is -3.84. The number of para-hydroxylation sites is 2. The van der Waals surface area contributed by atoms with Gasteiger partial charge in [-0.25, -0.2) is 3.97 Å². The number of benzene rings is 3. The van der Waals surface area contributed by atoms with E-state index in [1.807, 2.05) is 49.5 Å². The molecule has 0 bridgehead atoms. The SMILES string of the molecule is Cc1ccc(C(=O)N/C(=C\c2cn(S(=O)(=O)N(C)C)c3ccccc23)C(=O)NCCc2c[nH]c3ccccc23)cc1. The Kier molecular flexibility index (Phi) is 7.78. The van der Waals surface area contributed by atoms with Gasteiger partial charge in [0.15, 0.2) is 0 Å². The van der Waals surface area contributed by atoms with Crippen LogP contribution in [0.2, 0.25) is 0 Å². The van der Waals surface area contributed by atoms with Crippen LogP contribution in [0, 0.1) is 6.92 Å². The zero-order valence-corrected chi connectivity index (χ0v) is 23.8. The molecule has 0 unspecified atom stereocenters. The number of aromatic amines is 1. The molecule has 3 N–H and O–H groups in total. The Morgan fingerprint density at radius 3 is 2.37 bits per heavy atom. The van der Waals surface area contributed by atoms with E-state index in [2.05, 4.69) is 15.6 Å². The lowest BCUT2D eigenvalue weighted by atomic mass is 10.1. The molecule has 0 radical (unpaired) electrons. The Labute approximate surface area is 238 Å². The van der Waals surface area contributed by atoms with E-state index in [9.17, 15) is 18.0 Å². The maximum atomic E-state index is 13.5. The molecule has 10 heteroatoms. The number of nitrogens with zero attached hydrogens (tertiary/aromatic N) is 2. The quantitative estimate of drug-likeness (QED) is 0.231. The monoisotopic (exact) mass is 569 g/mol. The molecule has 2 amide bonds. The smallest absolute Gasteiger partial charge is 0.307 e. The lowest BCUT2D eigenvalue weighted by Gasteiger charge is -2.13. The summed E-state index contributed by atoms with van der Waals surface area (Å²) in [5.74, 6) is -0.940. The van der Waals surface area contributed by atoms with E-state index >= 15 is 0 Å². The molecular weight excluding hydrogens is 538 g/mol. The predicted molar refractivity (Wildman–Crippen MR) is 162 cm³/mol. The number of amides is 2. The second kappa shape index (κ2) is 11.4. The summed E-state index contributed by atoms with van der Waals surface area (Å²) in [5.41, 5.74) is 4.40. The van der Waals surface area contributed by atoms with Crippen LogP contribution < -0.4 is 10.6 Å². The Bertz CT molecular complexity index is 1880. The van der Waals surface area contributed by atoms with Crippen molar-refractivity contribution in [2.24, 2.45) is 0 Å². The lowest BCUT2D eigenvalue weighted by molar-refractivity contribution is -0.117. The number of aromatic nitrogens is 2. The highest BCUT2D eigenvalue weighted by atomic mass is 32.2. The van der Waals surface area contributed by atoms with Gasteiger partial charge < -0.3 is 15.6 Å². The van der Waals surface area contributed by atoms with Crippen molar-refractivity contribution in [1.82, 2.24) is 23.9 Å². The van der Waals surface area contributed by atoms with E-state index < -0.39 is 22.0 Å². The van der Waals surface area contributed by atoms with Gasteiger partial charge in [0.05, 0.1) is 5.52 Å². The Morgan fingerprint density at radius 2 is 1.63 bits per heavy atom. The molecule has 0 aliphatic heterocycles. The highest BCUT2D eigenvalue weighted by Crippen LogP contribution is 2.26. The Morgan fingerprint density at radius 1 is 0.951 bits per heavy atom. The van der Waals surface area contributed by atoms with Crippen LogP contribution in [0.1, 0.15) is 27.0 Å². The zero-order valence-electron chi connectivity index (χ0n) is 23.0. The zero-order chi connectivity index (χ0) is 29.1. The molecule has 9 nitrogen and oxygen atoms in total. The van der Waals surface area contributed by atoms with Gasteiger partial charge in [-0.2, -0.15) is 12.7 Å². The first-order valence-corrected chi connectivity index (χ1v) is 14.5. The van der Waals surface area contributed by atoms with Crippen LogP contribution in [0.4, 0.5) is 0 Å². The number of rotatable bonds is 9. The van der Waals surface area contributed by atoms with Crippen LogP contribution in [0.3, 0.4) is 0 Å². The van der Waals surface area contributed by atoms with Crippen molar-refractivity contribution in [3.63, 3.8) is 0 Å². The third-order valence-electron chi connectivity index (χ3n) is 6.88. The van der Waals surface area contributed by atoms with Crippen LogP contribution in [0.25, 0.3) is 27.9 Å². The number of H-pyrrole nitrogens is 1. The molecule has 0 saturated heterocycles. The van der Waals surface area contributed by atoms with E-state index in [0.717, 1.165) is 26.3 Å². The predicted octanol–water partition coefficient (Wildman–Crippen LogP) is 4.22. The summed E-state index contributed by atoms with van der Waals surface area (Å²) in [6.07, 6.45) is 5.47. The van der Waals surface area contributed by atoms with E-state index in [0.29, 0.717) is 35.0 Å². The summed E-state index contributed by atoms with van der Waals surface area (Å²) in [6.45, 7) is 2.25. The Hall–Kier alpha value is -4.67. The van der Waals surface area contributed by atoms with Crippen molar-refractivity contribution in [2.45, 2.75) is 13.3 Å². The molecular formula is C31H31N5O4S. The van der Waals surface area contributed by atoms with Gasteiger partial charge in [0.1, 0.15) is 5.70 Å². The summed E-state index contributed by atoms with van der Waals surface area (Å²) in [4.78, 5) is 29.8. The van der Waals surface area contributed by atoms with Gasteiger partial charge in [-0.15, -0.1) is 0 Å². The third kappa shape index (κ3) is 5.79. The minimum absolute atomic E-state index is 0.000319. The van der Waals surface area contributed by atoms with Gasteiger partial charge in [-0.3, -0.25) is 9.59 Å². The average molecular weight is 570 g/mol. The first-order chi connectivity index (χ1) is 19.6. The van der Waals surface area contributed by atoms with Crippen molar-refractivity contribution < 1.29 is 18.0 Å². The fraction of sp³-hybridized carbons (Fsp3) is 0.161. The number of aryl methyl sites for hydroxylation is 1. The topological polar surface area (TPSA) is 116 Å². The highest BCUT2D eigenvalue weighted by molar-refractivity contribution is 7.87. The fourth-order valence-electron chi connectivity index (χ4n) is 4.61. The Balaban J connectivity index is 1.48. The van der Waals surface area contributed by atoms with Gasteiger partial charge in [0.25, 0.3) is 11.8 Å². The molecule has 0 atom stereocenters. The number of nitrogens with one attached hydrogen (secondary N) is 3. The van der Waals surface area contributed by atoms with Crippen LogP contribution in [-0.4, -0.2) is 54.1 Å². The van der Waals surface area contributed by atoms with E-state index in [-0.39, 0.29) is 5.70 Å². The molecule has 0 spiro atoms. The van der Waals surface area contributed by atoms with Crippen molar-refractivity contribution in [3.05, 3.63) is 113 Å². The lowest BCUT2D eigenvalue weighted by Crippen LogP contribution is -2.35. The molecule has 210 valence electrons. The first-order valence-electron chi connectivity index (χ1n) is 13.1. The van der Waals surface area contributed by atoms with Crippen LogP contribution in [0.15, 0.2) is 90.9 Å². The number of carbonyl (C=O) groups excluding carboxylic acids is 2. The van der Waals surface area contributed by atoms with Crippen molar-refractivity contribution >= 4 is 49.9 Å². The third-order valence-corrected chi connectivity index (χ3v) is 8.60.